The van der Waals surface area contributed by atoms with Gasteiger partial charge in [0.1, 0.15) is 11.8 Å². The number of furan rings is 1. The van der Waals surface area contributed by atoms with Crippen LogP contribution in [-0.2, 0) is 0 Å². The molecular weight excluding hydrogens is 266 g/mol. The van der Waals surface area contributed by atoms with E-state index in [0.29, 0.717) is 12.1 Å². The van der Waals surface area contributed by atoms with Crippen LogP contribution in [0.4, 0.5) is 0 Å². The number of likely N-dealkylation sites (tertiary alicyclic amines) is 1. The maximum Gasteiger partial charge on any atom is 0.255 e. The molecule has 21 heavy (non-hydrogen) atoms. The van der Waals surface area contributed by atoms with Gasteiger partial charge in [0.15, 0.2) is 0 Å². The number of hydrogen-bond donors (Lipinski definition) is 2. The first kappa shape index (κ1) is 14.1. The van der Waals surface area contributed by atoms with Gasteiger partial charge in [0, 0.05) is 37.6 Å². The Morgan fingerprint density at radius 1 is 1.33 bits per heavy atom. The van der Waals surface area contributed by atoms with E-state index in [4.69, 9.17) is 10.2 Å². The van der Waals surface area contributed by atoms with Crippen LogP contribution in [0.25, 0.3) is 11.0 Å². The fourth-order valence-corrected chi connectivity index (χ4v) is 2.90. The van der Waals surface area contributed by atoms with E-state index in [1.165, 1.54) is 0 Å². The molecule has 0 bridgehead atoms. The van der Waals surface area contributed by atoms with Crippen molar-refractivity contribution in [3.63, 3.8) is 0 Å². The molecule has 0 saturated carbocycles. The molecule has 1 aliphatic rings. The van der Waals surface area contributed by atoms with Crippen LogP contribution in [0.3, 0.4) is 0 Å². The number of hydrogen-bond acceptors (Lipinski definition) is 4. The Bertz CT molecular complexity index is 615. The van der Waals surface area contributed by atoms with Crippen molar-refractivity contribution in [1.29, 1.82) is 0 Å². The van der Waals surface area contributed by atoms with Crippen molar-refractivity contribution in [2.75, 3.05) is 26.2 Å². The van der Waals surface area contributed by atoms with Gasteiger partial charge < -0.3 is 20.4 Å². The Balaban J connectivity index is 1.62. The Morgan fingerprint density at radius 3 is 2.86 bits per heavy atom. The average Bonchev–Trinajstić information content (AvgIpc) is 2.93. The average molecular weight is 287 g/mol. The molecule has 3 N–H and O–H groups in total. The highest BCUT2D eigenvalue weighted by atomic mass is 16.3. The summed E-state index contributed by atoms with van der Waals surface area (Å²) in [4.78, 5) is 14.7. The van der Waals surface area contributed by atoms with Crippen LogP contribution in [0.15, 0.2) is 34.9 Å². The molecule has 1 aromatic carbocycles. The van der Waals surface area contributed by atoms with Gasteiger partial charge in [-0.15, -0.1) is 0 Å². The fourth-order valence-electron chi connectivity index (χ4n) is 2.90. The zero-order chi connectivity index (χ0) is 14.7. The number of rotatable bonds is 4. The molecule has 0 atom stereocenters. The summed E-state index contributed by atoms with van der Waals surface area (Å²) in [6.07, 6.45) is 3.49. The molecule has 5 heteroatoms. The van der Waals surface area contributed by atoms with E-state index >= 15 is 0 Å². The highest BCUT2D eigenvalue weighted by Crippen LogP contribution is 2.21. The number of amides is 1. The number of nitrogens with two attached hydrogens (primary N) is 1. The number of carbonyl (C=O) groups is 1. The van der Waals surface area contributed by atoms with Crippen LogP contribution in [0.5, 0.6) is 0 Å². The van der Waals surface area contributed by atoms with Gasteiger partial charge in [-0.1, -0.05) is 18.2 Å². The minimum atomic E-state index is -0.0442. The molecule has 0 aliphatic carbocycles. The molecule has 0 spiro atoms. The van der Waals surface area contributed by atoms with Crippen LogP contribution in [-0.4, -0.2) is 43.0 Å². The highest BCUT2D eigenvalue weighted by molar-refractivity contribution is 6.05. The molecule has 0 radical (unpaired) electrons. The summed E-state index contributed by atoms with van der Waals surface area (Å²) < 4.78 is 5.43. The second-order valence-corrected chi connectivity index (χ2v) is 5.52. The molecule has 1 amide bonds. The summed E-state index contributed by atoms with van der Waals surface area (Å²) in [7, 11) is 0. The van der Waals surface area contributed by atoms with Gasteiger partial charge in [0.05, 0.1) is 5.56 Å². The van der Waals surface area contributed by atoms with Gasteiger partial charge in [0.2, 0.25) is 0 Å². The van der Waals surface area contributed by atoms with E-state index in [1.807, 2.05) is 24.3 Å². The first-order chi connectivity index (χ1) is 10.3. The van der Waals surface area contributed by atoms with E-state index < -0.39 is 0 Å². The maximum absolute atomic E-state index is 12.4. The third kappa shape index (κ3) is 3.09. The molecule has 1 aliphatic heterocycles. The van der Waals surface area contributed by atoms with Gasteiger partial charge in [-0.25, -0.2) is 0 Å². The summed E-state index contributed by atoms with van der Waals surface area (Å²) in [6, 6.07) is 7.84. The molecular formula is C16H21N3O2. The number of fused-ring (bicyclic) bond motifs is 1. The number of piperidine rings is 1. The van der Waals surface area contributed by atoms with Crippen LogP contribution >= 0.6 is 0 Å². The van der Waals surface area contributed by atoms with E-state index in [-0.39, 0.29) is 11.9 Å². The molecule has 2 aromatic rings. The molecule has 5 nitrogen and oxygen atoms in total. The standard InChI is InChI=1S/C16H21N3O2/c17-7-10-19-8-5-12(6-9-19)18-16(20)14-11-21-15-4-2-1-3-13(14)15/h1-4,11-12H,5-10,17H2,(H,18,20). The third-order valence-corrected chi connectivity index (χ3v) is 4.09. The summed E-state index contributed by atoms with van der Waals surface area (Å²) >= 11 is 0. The second-order valence-electron chi connectivity index (χ2n) is 5.52. The molecule has 1 fully saturated rings. The maximum atomic E-state index is 12.4. The first-order valence-electron chi connectivity index (χ1n) is 7.47. The number of nitrogens with zero attached hydrogens (tertiary/aromatic N) is 1. The lowest BCUT2D eigenvalue weighted by Gasteiger charge is -2.31. The minimum Gasteiger partial charge on any atom is -0.463 e. The van der Waals surface area contributed by atoms with Gasteiger partial charge >= 0.3 is 0 Å². The van der Waals surface area contributed by atoms with Crippen molar-refractivity contribution in [2.45, 2.75) is 18.9 Å². The number of benzene rings is 1. The monoisotopic (exact) mass is 287 g/mol. The molecule has 2 heterocycles. The normalized spacial score (nSPS) is 17.2. The van der Waals surface area contributed by atoms with Crippen LogP contribution in [0.2, 0.25) is 0 Å². The van der Waals surface area contributed by atoms with E-state index in [1.54, 1.807) is 6.26 Å². The molecule has 1 aromatic heterocycles. The van der Waals surface area contributed by atoms with Gasteiger partial charge in [-0.2, -0.15) is 0 Å². The Hall–Kier alpha value is -1.85. The minimum absolute atomic E-state index is 0.0442. The molecule has 1 saturated heterocycles. The van der Waals surface area contributed by atoms with Crippen molar-refractivity contribution in [1.82, 2.24) is 10.2 Å². The lowest BCUT2D eigenvalue weighted by Crippen LogP contribution is -2.45. The molecule has 0 unspecified atom stereocenters. The van der Waals surface area contributed by atoms with Crippen molar-refractivity contribution >= 4 is 16.9 Å². The Labute approximate surface area is 124 Å². The van der Waals surface area contributed by atoms with Crippen LogP contribution in [0, 0.1) is 0 Å². The Kier molecular flexibility index (Phi) is 4.22. The summed E-state index contributed by atoms with van der Waals surface area (Å²) in [5.74, 6) is -0.0442. The predicted octanol–water partition coefficient (Wildman–Crippen LogP) is 1.59. The largest absolute Gasteiger partial charge is 0.463 e. The van der Waals surface area contributed by atoms with Crippen molar-refractivity contribution in [3.8, 4) is 0 Å². The van der Waals surface area contributed by atoms with Crippen molar-refractivity contribution in [2.24, 2.45) is 5.73 Å². The fraction of sp³-hybridized carbons (Fsp3) is 0.438. The zero-order valence-electron chi connectivity index (χ0n) is 12.0. The van der Waals surface area contributed by atoms with Crippen molar-refractivity contribution < 1.29 is 9.21 Å². The van der Waals surface area contributed by atoms with Gasteiger partial charge in [-0.3, -0.25) is 4.79 Å². The lowest BCUT2D eigenvalue weighted by atomic mass is 10.0. The summed E-state index contributed by atoms with van der Waals surface area (Å²) in [5, 5.41) is 3.99. The smallest absolute Gasteiger partial charge is 0.255 e. The lowest BCUT2D eigenvalue weighted by molar-refractivity contribution is 0.0913. The SMILES string of the molecule is NCCN1CCC(NC(=O)c2coc3ccccc23)CC1. The third-order valence-electron chi connectivity index (χ3n) is 4.09. The van der Waals surface area contributed by atoms with E-state index in [2.05, 4.69) is 10.2 Å². The van der Waals surface area contributed by atoms with Crippen LogP contribution in [0.1, 0.15) is 23.2 Å². The van der Waals surface area contributed by atoms with Crippen molar-refractivity contribution in [3.05, 3.63) is 36.1 Å². The first-order valence-corrected chi connectivity index (χ1v) is 7.47. The van der Waals surface area contributed by atoms with E-state index in [9.17, 15) is 4.79 Å². The quantitative estimate of drug-likeness (QED) is 0.895. The highest BCUT2D eigenvalue weighted by Gasteiger charge is 2.22. The van der Waals surface area contributed by atoms with Gasteiger partial charge in [0.25, 0.3) is 5.91 Å². The molecule has 112 valence electrons. The second kappa shape index (κ2) is 6.28. The zero-order valence-corrected chi connectivity index (χ0v) is 12.0. The number of carbonyl (C=O) groups excluding carboxylic acids is 1. The van der Waals surface area contributed by atoms with Gasteiger partial charge in [-0.05, 0) is 18.9 Å². The predicted molar refractivity (Wildman–Crippen MR) is 82.2 cm³/mol. The number of para-hydroxylation sites is 1. The van der Waals surface area contributed by atoms with E-state index in [0.717, 1.165) is 43.4 Å². The summed E-state index contributed by atoms with van der Waals surface area (Å²) in [6.45, 7) is 3.62. The topological polar surface area (TPSA) is 71.5 Å². The van der Waals surface area contributed by atoms with Crippen LogP contribution < -0.4 is 11.1 Å². The molecule has 3 rings (SSSR count). The Morgan fingerprint density at radius 2 is 2.10 bits per heavy atom. The number of nitrogens with one attached hydrogen (secondary N) is 1. The summed E-state index contributed by atoms with van der Waals surface area (Å²) in [5.41, 5.74) is 6.94.